The quantitative estimate of drug-likeness (QED) is 0.301. The lowest BCUT2D eigenvalue weighted by molar-refractivity contribution is 0.0976. The normalized spacial score (nSPS) is 14.0. The molecule has 0 radical (unpaired) electrons. The second kappa shape index (κ2) is 12.2. The van der Waals surface area contributed by atoms with Gasteiger partial charge in [0.2, 0.25) is 15.9 Å². The van der Waals surface area contributed by atoms with Gasteiger partial charge < -0.3 is 19.1 Å². The van der Waals surface area contributed by atoms with E-state index in [4.69, 9.17) is 19.3 Å². The zero-order valence-electron chi connectivity index (χ0n) is 23.2. The Morgan fingerprint density at radius 3 is 2.41 bits per heavy atom. The number of sulfonamides is 1. The lowest BCUT2D eigenvalue weighted by Gasteiger charge is -2.29. The van der Waals surface area contributed by atoms with Crippen molar-refractivity contribution >= 4 is 32.7 Å². The summed E-state index contributed by atoms with van der Waals surface area (Å²) in [6.45, 7) is 6.72. The first-order valence-electron chi connectivity index (χ1n) is 13.4. The van der Waals surface area contributed by atoms with Crippen molar-refractivity contribution in [2.75, 3.05) is 50.7 Å². The van der Waals surface area contributed by atoms with Gasteiger partial charge in [0, 0.05) is 31.5 Å². The van der Waals surface area contributed by atoms with E-state index in [9.17, 15) is 13.2 Å². The Hall–Kier alpha value is -4.00. The topological polar surface area (TPSA) is 125 Å². The molecule has 3 heterocycles. The van der Waals surface area contributed by atoms with Crippen molar-refractivity contribution in [3.05, 3.63) is 66.4 Å². The lowest BCUT2D eigenvalue weighted by Crippen LogP contribution is -2.36. The van der Waals surface area contributed by atoms with E-state index in [2.05, 4.69) is 14.6 Å². The Balaban J connectivity index is 1.67. The van der Waals surface area contributed by atoms with Gasteiger partial charge in [-0.25, -0.2) is 22.8 Å². The van der Waals surface area contributed by atoms with Gasteiger partial charge in [-0.3, -0.25) is 4.79 Å². The monoisotopic (exact) mass is 579 g/mol. The van der Waals surface area contributed by atoms with Crippen LogP contribution in [-0.4, -0.2) is 81.0 Å². The molecule has 0 aliphatic carbocycles. The van der Waals surface area contributed by atoms with Gasteiger partial charge in [0.25, 0.3) is 5.91 Å². The van der Waals surface area contributed by atoms with E-state index in [-0.39, 0.29) is 24.2 Å². The van der Waals surface area contributed by atoms with Gasteiger partial charge in [-0.05, 0) is 49.7 Å². The molecule has 1 aliphatic rings. The van der Waals surface area contributed by atoms with Gasteiger partial charge >= 0.3 is 0 Å². The van der Waals surface area contributed by atoms with E-state index in [0.29, 0.717) is 41.4 Å². The van der Waals surface area contributed by atoms with E-state index in [1.165, 1.54) is 7.11 Å². The van der Waals surface area contributed by atoms with Crippen molar-refractivity contribution in [3.8, 4) is 22.7 Å². The molecule has 0 saturated carbocycles. The number of nitrogens with one attached hydrogen (secondary N) is 1. The van der Waals surface area contributed by atoms with Crippen molar-refractivity contribution < 1.29 is 27.4 Å². The molecule has 2 aromatic heterocycles. The highest BCUT2D eigenvalue weighted by atomic mass is 32.2. The maximum Gasteiger partial charge on any atom is 0.283 e. The number of amides is 1. The van der Waals surface area contributed by atoms with Crippen molar-refractivity contribution in [1.82, 2.24) is 19.5 Å². The highest BCUT2D eigenvalue weighted by Gasteiger charge is 2.25. The van der Waals surface area contributed by atoms with Gasteiger partial charge in [0.15, 0.2) is 5.65 Å². The van der Waals surface area contributed by atoms with Gasteiger partial charge in [-0.15, -0.1) is 5.10 Å². The maximum absolute atomic E-state index is 13.3. The SMILES string of the molecule is COCCS(=O)(=O)NC(=O)c1cc(-c2ccc(N3CCOCC3)cc2)c2c(OC(C)C)nn(-c3ccccc3)c2n1. The number of aromatic nitrogens is 3. The van der Waals surface area contributed by atoms with Crippen LogP contribution >= 0.6 is 0 Å². The van der Waals surface area contributed by atoms with Gasteiger partial charge in [-0.2, -0.15) is 0 Å². The molecule has 1 saturated heterocycles. The van der Waals surface area contributed by atoms with Gasteiger partial charge in [0.1, 0.15) is 5.69 Å². The molecule has 1 aliphatic heterocycles. The fourth-order valence-corrected chi connectivity index (χ4v) is 5.47. The minimum Gasteiger partial charge on any atom is -0.473 e. The largest absolute Gasteiger partial charge is 0.473 e. The van der Waals surface area contributed by atoms with Crippen LogP contribution < -0.4 is 14.4 Å². The molecule has 0 unspecified atom stereocenters. The zero-order chi connectivity index (χ0) is 29.0. The third kappa shape index (κ3) is 6.50. The Morgan fingerprint density at radius 2 is 1.76 bits per heavy atom. The molecule has 1 N–H and O–H groups in total. The molecule has 11 nitrogen and oxygen atoms in total. The van der Waals surface area contributed by atoms with Crippen LogP contribution in [0.25, 0.3) is 27.8 Å². The zero-order valence-corrected chi connectivity index (χ0v) is 24.1. The van der Waals surface area contributed by atoms with Crippen LogP contribution in [0, 0.1) is 0 Å². The molecule has 5 rings (SSSR count). The summed E-state index contributed by atoms with van der Waals surface area (Å²) >= 11 is 0. The summed E-state index contributed by atoms with van der Waals surface area (Å²) in [5.41, 5.74) is 3.50. The van der Waals surface area contributed by atoms with E-state index in [1.54, 1.807) is 10.7 Å². The van der Waals surface area contributed by atoms with Crippen LogP contribution in [0.4, 0.5) is 5.69 Å². The third-order valence-corrected chi connectivity index (χ3v) is 7.75. The van der Waals surface area contributed by atoms with Gasteiger partial charge in [-0.1, -0.05) is 30.3 Å². The molecular formula is C29H33N5O6S. The fourth-order valence-electron chi connectivity index (χ4n) is 4.59. The van der Waals surface area contributed by atoms with Crippen molar-refractivity contribution in [3.63, 3.8) is 0 Å². The van der Waals surface area contributed by atoms with E-state index >= 15 is 0 Å². The standard InChI is InChI=1S/C29H33N5O6S/c1-20(2)40-29-26-24(21-9-11-22(12-10-21)33-13-15-39-16-14-33)19-25(28(35)32-41(36,37)18-17-38-3)30-27(26)34(31-29)23-7-5-4-6-8-23/h4-12,19-20H,13-18H2,1-3H3,(H,32,35). The van der Waals surface area contributed by atoms with Crippen molar-refractivity contribution in [2.45, 2.75) is 20.0 Å². The Labute approximate surface area is 239 Å². The summed E-state index contributed by atoms with van der Waals surface area (Å²) in [6, 6.07) is 18.9. The van der Waals surface area contributed by atoms with Crippen molar-refractivity contribution in [1.29, 1.82) is 0 Å². The maximum atomic E-state index is 13.3. The number of ether oxygens (including phenoxy) is 3. The fraction of sp³-hybridized carbons (Fsp3) is 0.345. The molecule has 4 aromatic rings. The Bertz CT molecular complexity index is 1620. The summed E-state index contributed by atoms with van der Waals surface area (Å²) in [6.07, 6.45) is -0.178. The summed E-state index contributed by atoms with van der Waals surface area (Å²) in [5, 5.41) is 5.35. The first kappa shape index (κ1) is 28.5. The van der Waals surface area contributed by atoms with Crippen LogP contribution in [0.1, 0.15) is 24.3 Å². The van der Waals surface area contributed by atoms with E-state index in [1.807, 2.05) is 68.4 Å². The number of anilines is 1. The number of benzene rings is 2. The number of methoxy groups -OCH3 is 1. The summed E-state index contributed by atoms with van der Waals surface area (Å²) < 4.78 is 45.2. The number of rotatable bonds is 10. The van der Waals surface area contributed by atoms with Crippen LogP contribution in [0.5, 0.6) is 5.88 Å². The lowest BCUT2D eigenvalue weighted by atomic mass is 10.0. The molecule has 1 fully saturated rings. The number of hydrogen-bond donors (Lipinski definition) is 1. The average Bonchev–Trinajstić information content (AvgIpc) is 3.34. The number of pyridine rings is 1. The first-order chi connectivity index (χ1) is 19.8. The number of fused-ring (bicyclic) bond motifs is 1. The highest BCUT2D eigenvalue weighted by molar-refractivity contribution is 7.90. The van der Waals surface area contributed by atoms with E-state index in [0.717, 1.165) is 24.3 Å². The molecule has 0 spiro atoms. The number of hydrogen-bond acceptors (Lipinski definition) is 9. The second-order valence-electron chi connectivity index (χ2n) is 9.86. The molecule has 0 bridgehead atoms. The molecule has 41 heavy (non-hydrogen) atoms. The molecule has 2 aromatic carbocycles. The number of para-hydroxylation sites is 1. The smallest absolute Gasteiger partial charge is 0.283 e. The average molecular weight is 580 g/mol. The first-order valence-corrected chi connectivity index (χ1v) is 15.0. The Morgan fingerprint density at radius 1 is 1.05 bits per heavy atom. The third-order valence-electron chi connectivity index (χ3n) is 6.55. The summed E-state index contributed by atoms with van der Waals surface area (Å²) in [4.78, 5) is 20.1. The van der Waals surface area contributed by atoms with Crippen LogP contribution in [0.3, 0.4) is 0 Å². The van der Waals surface area contributed by atoms with Crippen LogP contribution in [0.15, 0.2) is 60.7 Å². The number of morpholine rings is 1. The minimum absolute atomic E-state index is 0.0491. The number of nitrogens with zero attached hydrogens (tertiary/aromatic N) is 4. The number of carbonyl (C=O) groups is 1. The molecular weight excluding hydrogens is 546 g/mol. The molecule has 1 amide bonds. The summed E-state index contributed by atoms with van der Waals surface area (Å²) in [7, 11) is -2.55. The second-order valence-corrected chi connectivity index (χ2v) is 11.7. The number of carbonyl (C=O) groups excluding carboxylic acids is 1. The molecule has 12 heteroatoms. The highest BCUT2D eigenvalue weighted by Crippen LogP contribution is 2.37. The van der Waals surface area contributed by atoms with Gasteiger partial charge in [0.05, 0.1) is 42.8 Å². The predicted octanol–water partition coefficient (Wildman–Crippen LogP) is 3.42. The Kier molecular flexibility index (Phi) is 8.52. The van der Waals surface area contributed by atoms with Crippen LogP contribution in [-0.2, 0) is 19.5 Å². The summed E-state index contributed by atoms with van der Waals surface area (Å²) in [5.74, 6) is -0.846. The molecule has 0 atom stereocenters. The van der Waals surface area contributed by atoms with E-state index < -0.39 is 15.9 Å². The molecule has 216 valence electrons. The van der Waals surface area contributed by atoms with Crippen molar-refractivity contribution in [2.24, 2.45) is 0 Å². The predicted molar refractivity (Wildman–Crippen MR) is 156 cm³/mol. The minimum atomic E-state index is -3.94. The van der Waals surface area contributed by atoms with Crippen LogP contribution in [0.2, 0.25) is 0 Å².